The zero-order valence-electron chi connectivity index (χ0n) is 15.5. The number of anilines is 1. The Kier molecular flexibility index (Phi) is 5.16. The minimum atomic E-state index is -0.870. The molecule has 1 spiro atoms. The van der Waals surface area contributed by atoms with Gasteiger partial charge < -0.3 is 16.0 Å². The van der Waals surface area contributed by atoms with Crippen LogP contribution < -0.4 is 16.0 Å². The molecule has 1 aromatic carbocycles. The molecule has 1 saturated carbocycles. The van der Waals surface area contributed by atoms with Crippen molar-refractivity contribution in [3.63, 3.8) is 0 Å². The molecule has 8 heteroatoms. The predicted molar refractivity (Wildman–Crippen MR) is 99.1 cm³/mol. The summed E-state index contributed by atoms with van der Waals surface area (Å²) in [6.45, 7) is 1.63. The Morgan fingerprint density at radius 1 is 1.22 bits per heavy atom. The lowest BCUT2D eigenvalue weighted by Crippen LogP contribution is -2.54. The molecule has 27 heavy (non-hydrogen) atoms. The van der Waals surface area contributed by atoms with Gasteiger partial charge in [0.05, 0.1) is 0 Å². The van der Waals surface area contributed by atoms with Crippen molar-refractivity contribution in [2.24, 2.45) is 5.92 Å². The average Bonchev–Trinajstić information content (AvgIpc) is 2.89. The van der Waals surface area contributed by atoms with Crippen LogP contribution in [0.2, 0.25) is 0 Å². The van der Waals surface area contributed by atoms with E-state index in [1.54, 1.807) is 24.3 Å². The molecule has 1 saturated heterocycles. The molecule has 144 valence electrons. The van der Waals surface area contributed by atoms with E-state index in [4.69, 9.17) is 0 Å². The first-order chi connectivity index (χ1) is 12.9. The molecule has 2 fully saturated rings. The Bertz CT molecular complexity index is 776. The molecule has 3 N–H and O–H groups in total. The monoisotopic (exact) mass is 372 g/mol. The Morgan fingerprint density at radius 3 is 2.56 bits per heavy atom. The molecule has 5 amide bonds. The molecular formula is C19H24N4O4. The zero-order valence-corrected chi connectivity index (χ0v) is 15.5. The normalized spacial score (nSPS) is 24.7. The molecule has 0 aromatic heterocycles. The van der Waals surface area contributed by atoms with Crippen LogP contribution in [-0.4, -0.2) is 47.8 Å². The molecule has 2 atom stereocenters. The number of urea groups is 1. The van der Waals surface area contributed by atoms with Crippen molar-refractivity contribution >= 4 is 29.4 Å². The molecule has 2 aliphatic rings. The van der Waals surface area contributed by atoms with Gasteiger partial charge in [0.25, 0.3) is 11.8 Å². The van der Waals surface area contributed by atoms with Gasteiger partial charge >= 0.3 is 6.03 Å². The molecule has 8 nitrogen and oxygen atoms in total. The van der Waals surface area contributed by atoms with E-state index in [0.29, 0.717) is 17.7 Å². The number of nitrogens with zero attached hydrogens (tertiary/aromatic N) is 1. The molecule has 1 aliphatic carbocycles. The second kappa shape index (κ2) is 7.38. The first kappa shape index (κ1) is 18.9. The third kappa shape index (κ3) is 3.51. The number of hydrogen-bond donors (Lipinski definition) is 3. The largest absolute Gasteiger partial charge is 0.355 e. The third-order valence-corrected chi connectivity index (χ3v) is 5.46. The molecular weight excluding hydrogens is 348 g/mol. The van der Waals surface area contributed by atoms with Crippen LogP contribution in [0.4, 0.5) is 10.5 Å². The number of carbonyl (C=O) groups excluding carboxylic acids is 4. The van der Waals surface area contributed by atoms with Gasteiger partial charge in [0, 0.05) is 18.3 Å². The first-order valence-electron chi connectivity index (χ1n) is 9.13. The summed E-state index contributed by atoms with van der Waals surface area (Å²) in [4.78, 5) is 50.0. The number of nitrogens with one attached hydrogen (secondary N) is 3. The topological polar surface area (TPSA) is 108 Å². The number of carbonyl (C=O) groups is 4. The summed E-state index contributed by atoms with van der Waals surface area (Å²) in [6.07, 6.45) is 3.41. The van der Waals surface area contributed by atoms with Crippen molar-refractivity contribution in [2.75, 3.05) is 18.9 Å². The van der Waals surface area contributed by atoms with Gasteiger partial charge in [-0.3, -0.25) is 19.3 Å². The smallest absolute Gasteiger partial charge is 0.325 e. The van der Waals surface area contributed by atoms with E-state index >= 15 is 0 Å². The quantitative estimate of drug-likeness (QED) is 0.696. The highest BCUT2D eigenvalue weighted by Crippen LogP contribution is 2.38. The van der Waals surface area contributed by atoms with Crippen LogP contribution >= 0.6 is 0 Å². The average molecular weight is 372 g/mol. The van der Waals surface area contributed by atoms with Gasteiger partial charge in [0.2, 0.25) is 5.91 Å². The Hall–Kier alpha value is -2.90. The maximum Gasteiger partial charge on any atom is 0.325 e. The van der Waals surface area contributed by atoms with Crippen LogP contribution in [0.25, 0.3) is 0 Å². The minimum Gasteiger partial charge on any atom is -0.355 e. The van der Waals surface area contributed by atoms with Crippen LogP contribution in [0.3, 0.4) is 0 Å². The van der Waals surface area contributed by atoms with Crippen LogP contribution in [0, 0.1) is 5.92 Å². The Morgan fingerprint density at radius 2 is 1.93 bits per heavy atom. The molecule has 1 heterocycles. The van der Waals surface area contributed by atoms with Crippen molar-refractivity contribution in [1.82, 2.24) is 15.5 Å². The minimum absolute atomic E-state index is 0.0491. The second-order valence-electron chi connectivity index (χ2n) is 7.14. The zero-order chi connectivity index (χ0) is 19.6. The maximum absolute atomic E-state index is 12.9. The number of amides is 5. The van der Waals surface area contributed by atoms with Crippen molar-refractivity contribution in [3.8, 4) is 0 Å². The van der Waals surface area contributed by atoms with E-state index in [2.05, 4.69) is 16.0 Å². The summed E-state index contributed by atoms with van der Waals surface area (Å²) in [5, 5.41) is 8.00. The fourth-order valence-electron chi connectivity index (χ4n) is 3.83. The summed E-state index contributed by atoms with van der Waals surface area (Å²) in [7, 11) is 1.54. The van der Waals surface area contributed by atoms with Crippen molar-refractivity contribution in [1.29, 1.82) is 0 Å². The van der Waals surface area contributed by atoms with Crippen molar-refractivity contribution in [3.05, 3.63) is 29.8 Å². The molecule has 0 unspecified atom stereocenters. The third-order valence-electron chi connectivity index (χ3n) is 5.46. The molecule has 0 bridgehead atoms. The number of rotatable bonds is 4. The predicted octanol–water partition coefficient (Wildman–Crippen LogP) is 1.49. The highest BCUT2D eigenvalue weighted by Gasteiger charge is 2.55. The summed E-state index contributed by atoms with van der Waals surface area (Å²) in [6, 6.07) is 5.85. The summed E-state index contributed by atoms with van der Waals surface area (Å²) in [5.74, 6) is -0.955. The number of hydrogen-bond acceptors (Lipinski definition) is 4. The SMILES string of the molecule is CNC(=O)c1ccc(NC(=O)CN2C(=O)N[C@]3(CCCC[C@H]3C)C2=O)cc1. The second-order valence-corrected chi connectivity index (χ2v) is 7.14. The van der Waals surface area contributed by atoms with Gasteiger partial charge in [-0.05, 0) is 43.0 Å². The summed E-state index contributed by atoms with van der Waals surface area (Å²) < 4.78 is 0. The number of imide groups is 1. The molecule has 0 radical (unpaired) electrons. The van der Waals surface area contributed by atoms with E-state index < -0.39 is 17.5 Å². The van der Waals surface area contributed by atoms with Gasteiger partial charge in [-0.1, -0.05) is 19.8 Å². The van der Waals surface area contributed by atoms with E-state index in [1.807, 2.05) is 6.92 Å². The van der Waals surface area contributed by atoms with Crippen LogP contribution in [0.15, 0.2) is 24.3 Å². The molecule has 1 aliphatic heterocycles. The van der Waals surface area contributed by atoms with Gasteiger partial charge in [0.15, 0.2) is 0 Å². The summed E-state index contributed by atoms with van der Waals surface area (Å²) >= 11 is 0. The summed E-state index contributed by atoms with van der Waals surface area (Å²) in [5.41, 5.74) is 0.0865. The first-order valence-corrected chi connectivity index (χ1v) is 9.13. The van der Waals surface area contributed by atoms with E-state index in [0.717, 1.165) is 24.2 Å². The lowest BCUT2D eigenvalue weighted by Gasteiger charge is -2.36. The van der Waals surface area contributed by atoms with Gasteiger partial charge in [-0.15, -0.1) is 0 Å². The highest BCUT2D eigenvalue weighted by atomic mass is 16.2. The Balaban J connectivity index is 1.64. The van der Waals surface area contributed by atoms with Gasteiger partial charge in [-0.25, -0.2) is 4.79 Å². The number of benzene rings is 1. The van der Waals surface area contributed by atoms with Crippen LogP contribution in [0.1, 0.15) is 43.0 Å². The molecule has 3 rings (SSSR count). The van der Waals surface area contributed by atoms with Crippen molar-refractivity contribution < 1.29 is 19.2 Å². The Labute approximate surface area is 157 Å². The lowest BCUT2D eigenvalue weighted by atomic mass is 9.73. The fourth-order valence-corrected chi connectivity index (χ4v) is 3.83. The van der Waals surface area contributed by atoms with Crippen molar-refractivity contribution in [2.45, 2.75) is 38.1 Å². The lowest BCUT2D eigenvalue weighted by molar-refractivity contribution is -0.136. The molecule has 1 aromatic rings. The fraction of sp³-hybridized carbons (Fsp3) is 0.474. The highest BCUT2D eigenvalue weighted by molar-refractivity contribution is 6.10. The van der Waals surface area contributed by atoms with Crippen LogP contribution in [0.5, 0.6) is 0 Å². The van der Waals surface area contributed by atoms with Gasteiger partial charge in [0.1, 0.15) is 12.1 Å². The maximum atomic E-state index is 12.9. The van der Waals surface area contributed by atoms with Gasteiger partial charge in [-0.2, -0.15) is 0 Å². The standard InChI is InChI=1S/C19H24N4O4/c1-12-5-3-4-10-19(12)17(26)23(18(27)22-19)11-15(24)21-14-8-6-13(7-9-14)16(25)20-2/h6-9,12H,3-5,10-11H2,1-2H3,(H,20,25)(H,21,24)(H,22,27)/t12-,19+/m1/s1. The van der Waals surface area contributed by atoms with Crippen LogP contribution in [-0.2, 0) is 9.59 Å². The van der Waals surface area contributed by atoms with E-state index in [-0.39, 0.29) is 24.3 Å². The van der Waals surface area contributed by atoms with E-state index in [9.17, 15) is 19.2 Å². The van der Waals surface area contributed by atoms with E-state index in [1.165, 1.54) is 7.05 Å².